The normalized spacial score (nSPS) is 12.1. The summed E-state index contributed by atoms with van der Waals surface area (Å²) >= 11 is 3.97. The molecule has 0 aromatic heterocycles. The zero-order chi connectivity index (χ0) is 13.8. The van der Waals surface area contributed by atoms with Crippen molar-refractivity contribution in [2.45, 2.75) is 51.0 Å². The van der Waals surface area contributed by atoms with Crippen LogP contribution < -0.4 is 11.1 Å². The van der Waals surface area contributed by atoms with Gasteiger partial charge in [-0.05, 0) is 31.6 Å². The number of amides is 1. The predicted octanol–water partition coefficient (Wildman–Crippen LogP) is 1.18. The van der Waals surface area contributed by atoms with E-state index in [1.807, 2.05) is 0 Å². The Labute approximate surface area is 114 Å². The lowest BCUT2D eigenvalue weighted by molar-refractivity contribution is -0.141. The van der Waals surface area contributed by atoms with Gasteiger partial charge in [0.15, 0.2) is 0 Å². The van der Waals surface area contributed by atoms with Gasteiger partial charge >= 0.3 is 5.97 Å². The number of aliphatic carboxylic acids is 1. The minimum atomic E-state index is -1.000. The molecular formula is C12H24N2O3S. The van der Waals surface area contributed by atoms with Crippen LogP contribution in [0.15, 0.2) is 0 Å². The van der Waals surface area contributed by atoms with Crippen molar-refractivity contribution in [2.24, 2.45) is 5.73 Å². The highest BCUT2D eigenvalue weighted by molar-refractivity contribution is 7.80. The third-order valence-corrected chi connectivity index (χ3v) is 2.92. The summed E-state index contributed by atoms with van der Waals surface area (Å²) < 4.78 is 0. The van der Waals surface area contributed by atoms with Gasteiger partial charge in [0.05, 0.1) is 0 Å². The van der Waals surface area contributed by atoms with Crippen LogP contribution in [-0.4, -0.2) is 35.3 Å². The molecule has 0 bridgehead atoms. The van der Waals surface area contributed by atoms with Gasteiger partial charge < -0.3 is 16.2 Å². The number of carbonyl (C=O) groups is 2. The first-order chi connectivity index (χ1) is 8.61. The second kappa shape index (κ2) is 11.3. The number of carbonyl (C=O) groups excluding carboxylic acids is 1. The van der Waals surface area contributed by atoms with Gasteiger partial charge in [-0.15, -0.1) is 0 Å². The van der Waals surface area contributed by atoms with E-state index < -0.39 is 12.0 Å². The average Bonchev–Trinajstić information content (AvgIpc) is 2.33. The van der Waals surface area contributed by atoms with Crippen molar-refractivity contribution in [1.82, 2.24) is 5.32 Å². The number of hydrogen-bond acceptors (Lipinski definition) is 4. The molecule has 4 N–H and O–H groups in total. The van der Waals surface area contributed by atoms with E-state index in [0.29, 0.717) is 25.1 Å². The van der Waals surface area contributed by atoms with Gasteiger partial charge in [-0.3, -0.25) is 4.79 Å². The molecule has 0 saturated heterocycles. The molecule has 0 heterocycles. The Balaban J connectivity index is 3.65. The molecular weight excluding hydrogens is 252 g/mol. The molecule has 0 aliphatic rings. The molecule has 0 fully saturated rings. The van der Waals surface area contributed by atoms with Crippen LogP contribution in [0, 0.1) is 0 Å². The highest BCUT2D eigenvalue weighted by Gasteiger charge is 2.18. The first-order valence-corrected chi connectivity index (χ1v) is 7.08. The Hall–Kier alpha value is -0.750. The van der Waals surface area contributed by atoms with E-state index in [4.69, 9.17) is 10.8 Å². The Morgan fingerprint density at radius 3 is 2.33 bits per heavy atom. The van der Waals surface area contributed by atoms with Crippen LogP contribution in [-0.2, 0) is 9.59 Å². The lowest BCUT2D eigenvalue weighted by atomic mass is 10.1. The van der Waals surface area contributed by atoms with Gasteiger partial charge in [-0.1, -0.05) is 19.3 Å². The molecule has 0 aromatic carbocycles. The van der Waals surface area contributed by atoms with Gasteiger partial charge in [0, 0.05) is 6.42 Å². The second-order valence-corrected chi connectivity index (χ2v) is 4.72. The third-order valence-electron chi connectivity index (χ3n) is 2.66. The summed E-state index contributed by atoms with van der Waals surface area (Å²) in [6.07, 6.45) is 5.70. The first kappa shape index (κ1) is 17.2. The molecule has 0 aliphatic carbocycles. The molecule has 1 unspecified atom stereocenters. The molecule has 6 heteroatoms. The zero-order valence-electron chi connectivity index (χ0n) is 10.7. The van der Waals surface area contributed by atoms with E-state index in [2.05, 4.69) is 17.9 Å². The average molecular weight is 276 g/mol. The number of carboxylic acid groups (broad SMARTS) is 1. The largest absolute Gasteiger partial charge is 0.480 e. The molecule has 1 amide bonds. The summed E-state index contributed by atoms with van der Waals surface area (Å²) in [5.74, 6) is -0.751. The zero-order valence-corrected chi connectivity index (χ0v) is 11.6. The maximum absolute atomic E-state index is 11.5. The predicted molar refractivity (Wildman–Crippen MR) is 74.8 cm³/mol. The lowest BCUT2D eigenvalue weighted by Crippen LogP contribution is -2.40. The van der Waals surface area contributed by atoms with Gasteiger partial charge in [-0.25, -0.2) is 4.79 Å². The lowest BCUT2D eigenvalue weighted by Gasteiger charge is -2.13. The number of nitrogens with one attached hydrogen (secondary N) is 1. The fraction of sp³-hybridized carbons (Fsp3) is 0.833. The highest BCUT2D eigenvalue weighted by atomic mass is 32.1. The van der Waals surface area contributed by atoms with Crippen molar-refractivity contribution in [2.75, 3.05) is 12.3 Å². The fourth-order valence-corrected chi connectivity index (χ4v) is 1.87. The summed E-state index contributed by atoms with van der Waals surface area (Å²) in [4.78, 5) is 22.3. The maximum atomic E-state index is 11.5. The Kier molecular flexibility index (Phi) is 10.9. The van der Waals surface area contributed by atoms with E-state index in [0.717, 1.165) is 32.1 Å². The van der Waals surface area contributed by atoms with E-state index in [-0.39, 0.29) is 5.91 Å². The van der Waals surface area contributed by atoms with Gasteiger partial charge in [-0.2, -0.15) is 12.6 Å². The number of rotatable bonds is 11. The fourth-order valence-electron chi connectivity index (χ4n) is 1.61. The number of hydrogen-bond donors (Lipinski definition) is 4. The number of carboxylic acids is 1. The number of nitrogens with two attached hydrogens (primary N) is 1. The molecule has 1 atom stereocenters. The van der Waals surface area contributed by atoms with Crippen molar-refractivity contribution >= 4 is 24.5 Å². The summed E-state index contributed by atoms with van der Waals surface area (Å²) in [7, 11) is 0. The standard InChI is InChI=1S/C12H24N2O3S/c13-8-5-3-1-2-4-6-11(15)14-10(7-9-18)12(16)17/h10,18H,1-9,13H2,(H,14,15)(H,16,17). The van der Waals surface area contributed by atoms with Crippen molar-refractivity contribution in [1.29, 1.82) is 0 Å². The number of thiol groups is 1. The topological polar surface area (TPSA) is 92.4 Å². The van der Waals surface area contributed by atoms with Crippen molar-refractivity contribution < 1.29 is 14.7 Å². The maximum Gasteiger partial charge on any atom is 0.326 e. The smallest absolute Gasteiger partial charge is 0.326 e. The second-order valence-electron chi connectivity index (χ2n) is 4.28. The third kappa shape index (κ3) is 9.30. The molecule has 0 aliphatic heterocycles. The summed E-state index contributed by atoms with van der Waals surface area (Å²) in [5.41, 5.74) is 5.38. The Morgan fingerprint density at radius 1 is 1.17 bits per heavy atom. The van der Waals surface area contributed by atoms with Crippen LogP contribution in [0.5, 0.6) is 0 Å². The van der Waals surface area contributed by atoms with Gasteiger partial charge in [0.25, 0.3) is 0 Å². The van der Waals surface area contributed by atoms with Gasteiger partial charge in [0.1, 0.15) is 6.04 Å². The molecule has 0 spiro atoms. The van der Waals surface area contributed by atoms with Crippen LogP contribution in [0.3, 0.4) is 0 Å². The summed E-state index contributed by atoms with van der Waals surface area (Å²) in [6.45, 7) is 0.713. The Morgan fingerprint density at radius 2 is 1.78 bits per heavy atom. The van der Waals surface area contributed by atoms with Crippen molar-refractivity contribution in [3.05, 3.63) is 0 Å². The molecule has 106 valence electrons. The highest BCUT2D eigenvalue weighted by Crippen LogP contribution is 2.05. The van der Waals surface area contributed by atoms with Crippen LogP contribution in [0.1, 0.15) is 44.9 Å². The molecule has 0 saturated carbocycles. The van der Waals surface area contributed by atoms with E-state index >= 15 is 0 Å². The summed E-state index contributed by atoms with van der Waals surface area (Å²) in [6, 6.07) is -0.813. The Bertz CT molecular complexity index is 249. The molecule has 0 aromatic rings. The summed E-state index contributed by atoms with van der Waals surface area (Å²) in [5, 5.41) is 11.4. The number of unbranched alkanes of at least 4 members (excludes halogenated alkanes) is 4. The van der Waals surface area contributed by atoms with E-state index in [1.54, 1.807) is 0 Å². The molecule has 5 nitrogen and oxygen atoms in total. The molecule has 0 rings (SSSR count). The SMILES string of the molecule is NCCCCCCCC(=O)NC(CCS)C(=O)O. The minimum Gasteiger partial charge on any atom is -0.480 e. The monoisotopic (exact) mass is 276 g/mol. The minimum absolute atomic E-state index is 0.192. The molecule has 18 heavy (non-hydrogen) atoms. The first-order valence-electron chi connectivity index (χ1n) is 6.45. The van der Waals surface area contributed by atoms with E-state index in [9.17, 15) is 9.59 Å². The van der Waals surface area contributed by atoms with Crippen molar-refractivity contribution in [3.8, 4) is 0 Å². The van der Waals surface area contributed by atoms with Crippen LogP contribution >= 0.6 is 12.6 Å². The van der Waals surface area contributed by atoms with E-state index in [1.165, 1.54) is 0 Å². The molecule has 0 radical (unpaired) electrons. The van der Waals surface area contributed by atoms with Crippen LogP contribution in [0.25, 0.3) is 0 Å². The van der Waals surface area contributed by atoms with Crippen LogP contribution in [0.4, 0.5) is 0 Å². The quantitative estimate of drug-likeness (QED) is 0.337. The van der Waals surface area contributed by atoms with Gasteiger partial charge in [0.2, 0.25) is 5.91 Å². The van der Waals surface area contributed by atoms with Crippen LogP contribution in [0.2, 0.25) is 0 Å². The van der Waals surface area contributed by atoms with Crippen molar-refractivity contribution in [3.63, 3.8) is 0 Å².